The second-order valence-electron chi connectivity index (χ2n) is 4.80. The number of aryl methyl sites for hydroxylation is 1. The normalized spacial score (nSPS) is 13.6. The highest BCUT2D eigenvalue weighted by molar-refractivity contribution is 7.90. The predicted molar refractivity (Wildman–Crippen MR) is 72.6 cm³/mol. The minimum absolute atomic E-state index is 0.0413. The van der Waals surface area contributed by atoms with Crippen molar-refractivity contribution in [2.24, 2.45) is 0 Å². The summed E-state index contributed by atoms with van der Waals surface area (Å²) < 4.78 is 28.6. The first kappa shape index (κ1) is 13.8. The summed E-state index contributed by atoms with van der Waals surface area (Å²) in [7, 11) is -3.48. The van der Waals surface area contributed by atoms with Gasteiger partial charge < -0.3 is 4.74 Å². The van der Waals surface area contributed by atoms with Crippen molar-refractivity contribution in [1.82, 2.24) is 20.4 Å². The smallest absolute Gasteiger partial charge is 0.356 e. The van der Waals surface area contributed by atoms with Gasteiger partial charge in [0.15, 0.2) is 14.9 Å². The quantitative estimate of drug-likeness (QED) is 0.796. The number of sulfone groups is 1. The molecule has 0 fully saturated rings. The zero-order valence-electron chi connectivity index (χ0n) is 11.6. The lowest BCUT2D eigenvalue weighted by Gasteiger charge is -2.12. The minimum Gasteiger partial charge on any atom is -0.461 e. The van der Waals surface area contributed by atoms with Crippen LogP contribution in [0.4, 0.5) is 0 Å². The van der Waals surface area contributed by atoms with E-state index >= 15 is 0 Å². The van der Waals surface area contributed by atoms with Crippen LogP contribution in [0.15, 0.2) is 5.03 Å². The first-order chi connectivity index (χ1) is 9.93. The molecule has 0 aromatic carbocycles. The molecule has 2 aromatic rings. The van der Waals surface area contributed by atoms with Crippen molar-refractivity contribution in [3.05, 3.63) is 17.0 Å². The van der Waals surface area contributed by atoms with E-state index in [1.54, 1.807) is 6.92 Å². The lowest BCUT2D eigenvalue weighted by atomic mass is 9.94. The molecule has 0 atom stereocenters. The van der Waals surface area contributed by atoms with Crippen molar-refractivity contribution in [3.63, 3.8) is 0 Å². The van der Waals surface area contributed by atoms with Crippen molar-refractivity contribution in [2.75, 3.05) is 12.9 Å². The van der Waals surface area contributed by atoms with Gasteiger partial charge >= 0.3 is 5.97 Å². The number of ether oxygens (including phenoxy) is 1. The summed E-state index contributed by atoms with van der Waals surface area (Å²) in [5, 5.41) is 13.3. The van der Waals surface area contributed by atoms with Crippen LogP contribution in [0, 0.1) is 0 Å². The van der Waals surface area contributed by atoms with Crippen LogP contribution >= 0.6 is 0 Å². The standard InChI is InChI=1S/C12H14N4O4S/c1-3-20-12(17)10-6-4-5-7-8(9(6)14-15-10)11(16-13-7)21(2,18)19/h3-5H2,1-2H3,(H,13,16)(H,14,15). The van der Waals surface area contributed by atoms with Crippen LogP contribution in [-0.2, 0) is 27.4 Å². The molecule has 3 rings (SSSR count). The van der Waals surface area contributed by atoms with Gasteiger partial charge in [-0.2, -0.15) is 10.2 Å². The Balaban J connectivity index is 2.16. The number of nitrogens with zero attached hydrogens (tertiary/aromatic N) is 2. The van der Waals surface area contributed by atoms with Crippen LogP contribution in [0.2, 0.25) is 0 Å². The maximum absolute atomic E-state index is 11.9. The van der Waals surface area contributed by atoms with Crippen LogP contribution in [0.3, 0.4) is 0 Å². The van der Waals surface area contributed by atoms with Crippen LogP contribution in [0.25, 0.3) is 11.3 Å². The summed E-state index contributed by atoms with van der Waals surface area (Å²) in [5.74, 6) is -0.487. The number of aromatic nitrogens is 4. The maximum atomic E-state index is 11.9. The zero-order valence-corrected chi connectivity index (χ0v) is 12.4. The number of hydrogen-bond acceptors (Lipinski definition) is 6. The first-order valence-electron chi connectivity index (χ1n) is 6.45. The second-order valence-corrected chi connectivity index (χ2v) is 6.73. The van der Waals surface area contributed by atoms with Crippen molar-refractivity contribution in [3.8, 4) is 11.3 Å². The summed E-state index contributed by atoms with van der Waals surface area (Å²) in [6, 6.07) is 0. The molecule has 0 aliphatic heterocycles. The van der Waals surface area contributed by atoms with Crippen LogP contribution in [0.5, 0.6) is 0 Å². The third-order valence-corrected chi connectivity index (χ3v) is 4.37. The lowest BCUT2D eigenvalue weighted by Crippen LogP contribution is -2.11. The fourth-order valence-corrected chi connectivity index (χ4v) is 3.29. The molecule has 21 heavy (non-hydrogen) atoms. The molecule has 2 heterocycles. The topological polar surface area (TPSA) is 118 Å². The fraction of sp³-hybridized carbons (Fsp3) is 0.417. The molecule has 0 saturated carbocycles. The number of fused-ring (bicyclic) bond motifs is 3. The van der Waals surface area contributed by atoms with Gasteiger partial charge in [0.05, 0.1) is 12.2 Å². The lowest BCUT2D eigenvalue weighted by molar-refractivity contribution is 0.0518. The van der Waals surface area contributed by atoms with E-state index in [1.165, 1.54) is 0 Å². The molecule has 8 nitrogen and oxygen atoms in total. The molecular formula is C12H14N4O4S. The molecule has 0 unspecified atom stereocenters. The van der Waals surface area contributed by atoms with E-state index in [-0.39, 0.29) is 17.3 Å². The molecule has 0 amide bonds. The largest absolute Gasteiger partial charge is 0.461 e. The highest BCUT2D eigenvalue weighted by Gasteiger charge is 2.32. The van der Waals surface area contributed by atoms with E-state index in [0.717, 1.165) is 6.26 Å². The Labute approximate surface area is 120 Å². The number of aromatic amines is 2. The maximum Gasteiger partial charge on any atom is 0.356 e. The van der Waals surface area contributed by atoms with Gasteiger partial charge in [-0.25, -0.2) is 13.2 Å². The first-order valence-corrected chi connectivity index (χ1v) is 8.34. The zero-order chi connectivity index (χ0) is 15.2. The van der Waals surface area contributed by atoms with Crippen molar-refractivity contribution >= 4 is 15.8 Å². The molecule has 1 aliphatic carbocycles. The van der Waals surface area contributed by atoms with Crippen molar-refractivity contribution < 1.29 is 17.9 Å². The number of rotatable bonds is 3. The van der Waals surface area contributed by atoms with Crippen LogP contribution < -0.4 is 0 Å². The minimum atomic E-state index is -3.48. The molecule has 2 N–H and O–H groups in total. The van der Waals surface area contributed by atoms with E-state index in [1.807, 2.05) is 0 Å². The molecular weight excluding hydrogens is 296 g/mol. The molecule has 0 spiro atoms. The Bertz CT molecular complexity index is 818. The second kappa shape index (κ2) is 4.69. The fourth-order valence-electron chi connectivity index (χ4n) is 2.49. The number of hydrogen-bond donors (Lipinski definition) is 2. The molecule has 0 radical (unpaired) electrons. The van der Waals surface area contributed by atoms with Gasteiger partial charge in [0, 0.05) is 17.5 Å². The average molecular weight is 310 g/mol. The third kappa shape index (κ3) is 2.13. The number of H-pyrrole nitrogens is 2. The van der Waals surface area contributed by atoms with Gasteiger partial charge in [-0.05, 0) is 19.8 Å². The van der Waals surface area contributed by atoms with E-state index in [0.29, 0.717) is 35.4 Å². The predicted octanol–water partition coefficient (Wildman–Crippen LogP) is 0.479. The highest BCUT2D eigenvalue weighted by Crippen LogP contribution is 2.36. The Morgan fingerprint density at radius 3 is 2.71 bits per heavy atom. The van der Waals surface area contributed by atoms with Gasteiger partial charge in [0.2, 0.25) is 0 Å². The van der Waals surface area contributed by atoms with Gasteiger partial charge in [-0.1, -0.05) is 0 Å². The summed E-state index contributed by atoms with van der Waals surface area (Å²) in [6.07, 6.45) is 2.23. The monoisotopic (exact) mass is 310 g/mol. The van der Waals surface area contributed by atoms with Gasteiger partial charge in [-0.3, -0.25) is 10.2 Å². The van der Waals surface area contributed by atoms with E-state index < -0.39 is 15.8 Å². The van der Waals surface area contributed by atoms with Crippen LogP contribution in [0.1, 0.15) is 28.7 Å². The molecule has 112 valence electrons. The average Bonchev–Trinajstić information content (AvgIpc) is 3.01. The van der Waals surface area contributed by atoms with Gasteiger partial charge in [0.1, 0.15) is 11.4 Å². The van der Waals surface area contributed by atoms with Crippen LogP contribution in [-0.4, -0.2) is 47.6 Å². The van der Waals surface area contributed by atoms with E-state index in [9.17, 15) is 13.2 Å². The van der Waals surface area contributed by atoms with E-state index in [4.69, 9.17) is 4.74 Å². The summed E-state index contributed by atoms with van der Waals surface area (Å²) in [6.45, 7) is 1.98. The molecule has 0 saturated heterocycles. The molecule has 1 aliphatic rings. The Kier molecular flexibility index (Phi) is 3.08. The molecule has 2 aromatic heterocycles. The number of carbonyl (C=O) groups excluding carboxylic acids is 1. The number of carbonyl (C=O) groups is 1. The van der Waals surface area contributed by atoms with Crippen molar-refractivity contribution in [1.29, 1.82) is 0 Å². The SMILES string of the molecule is CCOC(=O)c1[nH]nc2c1CCc1[nH]nc(S(C)(=O)=O)c1-2. The van der Waals surface area contributed by atoms with Crippen molar-refractivity contribution in [2.45, 2.75) is 24.8 Å². The number of nitrogens with one attached hydrogen (secondary N) is 2. The van der Waals surface area contributed by atoms with E-state index in [2.05, 4.69) is 20.4 Å². The van der Waals surface area contributed by atoms with Gasteiger partial charge in [-0.15, -0.1) is 0 Å². The summed E-state index contributed by atoms with van der Waals surface area (Å²) in [4.78, 5) is 11.9. The third-order valence-electron chi connectivity index (χ3n) is 3.37. The Morgan fingerprint density at radius 1 is 1.29 bits per heavy atom. The Morgan fingerprint density at radius 2 is 2.05 bits per heavy atom. The highest BCUT2D eigenvalue weighted by atomic mass is 32.2. The summed E-state index contributed by atoms with van der Waals surface area (Å²) >= 11 is 0. The molecule has 0 bridgehead atoms. The van der Waals surface area contributed by atoms with Gasteiger partial charge in [0.25, 0.3) is 0 Å². The Hall–Kier alpha value is -2.16. The summed E-state index contributed by atoms with van der Waals surface area (Å²) in [5.41, 5.74) is 2.56. The number of esters is 1. The molecule has 9 heteroatoms.